The lowest BCUT2D eigenvalue weighted by molar-refractivity contribution is -0.438. The Morgan fingerprint density at radius 2 is 1.20 bits per heavy atom. The highest BCUT2D eigenvalue weighted by atomic mass is 35.5. The number of methoxy groups -OCH3 is 1. The van der Waals surface area contributed by atoms with Crippen molar-refractivity contribution in [3.8, 4) is 0 Å². The fourth-order valence-corrected chi connectivity index (χ4v) is 15.6. The zero-order valence-electron chi connectivity index (χ0n) is 49.2. The van der Waals surface area contributed by atoms with Gasteiger partial charge in [0.05, 0.1) is 81.2 Å². The number of ether oxygens (including phenoxy) is 4. The third kappa shape index (κ3) is 15.4. The Kier molecular flexibility index (Phi) is 21.6. The molecule has 8 rings (SSSR count). The molecule has 0 bridgehead atoms. The van der Waals surface area contributed by atoms with Gasteiger partial charge in [0.15, 0.2) is 5.71 Å². The Morgan fingerprint density at radius 3 is 1.74 bits per heavy atom. The highest BCUT2D eigenvalue weighted by Crippen LogP contribution is 2.55. The van der Waals surface area contributed by atoms with Crippen molar-refractivity contribution in [1.82, 2.24) is 5.06 Å². The number of anilines is 1. The second-order valence-electron chi connectivity index (χ2n) is 22.1. The van der Waals surface area contributed by atoms with Crippen molar-refractivity contribution in [2.75, 3.05) is 77.1 Å². The van der Waals surface area contributed by atoms with E-state index in [4.69, 9.17) is 35.4 Å². The van der Waals surface area contributed by atoms with E-state index < -0.39 is 105 Å². The van der Waals surface area contributed by atoms with Gasteiger partial charge in [0.2, 0.25) is 5.69 Å². The molecule has 3 heterocycles. The number of halogens is 1. The second-order valence-corrected chi connectivity index (χ2v) is 29.4. The minimum atomic E-state index is -5.45. The molecule has 490 valence electrons. The van der Waals surface area contributed by atoms with Crippen molar-refractivity contribution in [2.24, 2.45) is 0 Å². The van der Waals surface area contributed by atoms with Crippen molar-refractivity contribution < 1.29 is 108 Å². The Bertz CT molecular complexity index is 4300. The van der Waals surface area contributed by atoms with Gasteiger partial charge in [0.1, 0.15) is 47.0 Å². The van der Waals surface area contributed by atoms with Crippen molar-refractivity contribution in [3.63, 3.8) is 0 Å². The molecule has 0 aromatic heterocycles. The predicted octanol–water partition coefficient (Wildman–Crippen LogP) is 5.61. The first kappa shape index (κ1) is 70.0. The van der Waals surface area contributed by atoms with E-state index >= 15 is 0 Å². The lowest BCUT2D eigenvalue weighted by atomic mass is 9.74. The maximum atomic E-state index is 13.2. The topological polar surface area (TPSA) is 393 Å². The number of amides is 2. The molecule has 3 aliphatic heterocycles. The fraction of sp³-hybridized carbons (Fsp3) is 0.448. The standard InChI is InChI=1S/C58H68ClN3O23S5/c1-5-60-45-16-14-41-43(33-39(87(69,70)71)35-47(41)89(75,76)77)54(45)57(2,22-8-32-86(66,67)68)49(60)18-12-37-9-6-10-38(56(37)59)13-19-50-58(3,23-25-82-28-29-84-31-30-83-27-26-81-4)55-44-34-40(88(72,73)74)36-48(90(78,79)80)42(44)15-17-46(55)61(50)24-7-11-53(65)85-62-51(63)20-21-52(62)64/h12-19,33-36H,5-11,20-32H2,1-4H3,(H4-,66,67,68,69,70,71,72,73,74,75,76,77,78,79,80)/p-4. The van der Waals surface area contributed by atoms with Gasteiger partial charge in [-0.1, -0.05) is 29.8 Å². The molecule has 4 aromatic rings. The first-order valence-electron chi connectivity index (χ1n) is 28.3. The van der Waals surface area contributed by atoms with Crippen LogP contribution in [0.4, 0.5) is 11.4 Å². The lowest BCUT2D eigenvalue weighted by Crippen LogP contribution is -2.34. The van der Waals surface area contributed by atoms with Gasteiger partial charge in [-0.15, -0.1) is 5.06 Å². The van der Waals surface area contributed by atoms with Gasteiger partial charge in [0, 0.05) is 90.2 Å². The molecular formula is C58H64ClN3O23S5-4. The van der Waals surface area contributed by atoms with E-state index in [9.17, 15) is 79.2 Å². The summed E-state index contributed by atoms with van der Waals surface area (Å²) in [5.41, 5.74) is 0.589. The molecular weight excluding hydrogens is 1300 g/mol. The van der Waals surface area contributed by atoms with Crippen LogP contribution in [0.3, 0.4) is 0 Å². The number of rotatable bonds is 29. The van der Waals surface area contributed by atoms with Crippen LogP contribution >= 0.6 is 11.6 Å². The molecule has 0 radical (unpaired) electrons. The van der Waals surface area contributed by atoms with Crippen molar-refractivity contribution in [3.05, 3.63) is 106 Å². The second kappa shape index (κ2) is 27.8. The summed E-state index contributed by atoms with van der Waals surface area (Å²) >= 11 is 7.37. The van der Waals surface area contributed by atoms with Gasteiger partial charge in [-0.05, 0) is 135 Å². The number of benzene rings is 4. The zero-order chi connectivity index (χ0) is 65.9. The highest BCUT2D eigenvalue weighted by Gasteiger charge is 2.50. The molecule has 2 unspecified atom stereocenters. The largest absolute Gasteiger partial charge is 0.748 e. The number of allylic oxidation sites excluding steroid dienone is 8. The number of hydrogen-bond donors (Lipinski definition) is 0. The summed E-state index contributed by atoms with van der Waals surface area (Å²) in [6, 6.07) is 8.57. The minimum absolute atomic E-state index is 0.0129. The third-order valence-corrected chi connectivity index (χ3v) is 20.9. The van der Waals surface area contributed by atoms with Crippen LogP contribution < -0.4 is 4.90 Å². The van der Waals surface area contributed by atoms with E-state index in [1.54, 1.807) is 54.6 Å². The number of fused-ring (bicyclic) bond motifs is 6. The third-order valence-electron chi connectivity index (χ3n) is 16.2. The average Bonchev–Trinajstić information content (AvgIpc) is 1.52. The van der Waals surface area contributed by atoms with Crippen LogP contribution in [0.2, 0.25) is 0 Å². The summed E-state index contributed by atoms with van der Waals surface area (Å²) in [5, 5.41) is 0.0856. The van der Waals surface area contributed by atoms with E-state index in [0.717, 1.165) is 12.1 Å². The first-order chi connectivity index (χ1) is 42.1. The summed E-state index contributed by atoms with van der Waals surface area (Å²) in [6.45, 7) is 6.86. The summed E-state index contributed by atoms with van der Waals surface area (Å²) in [7, 11) is -24.9. The van der Waals surface area contributed by atoms with Crippen LogP contribution in [0.15, 0.2) is 114 Å². The van der Waals surface area contributed by atoms with Crippen molar-refractivity contribution in [1.29, 1.82) is 0 Å². The number of imide groups is 1. The van der Waals surface area contributed by atoms with E-state index in [-0.39, 0.29) is 129 Å². The summed E-state index contributed by atoms with van der Waals surface area (Å²) in [4.78, 5) is 40.9. The van der Waals surface area contributed by atoms with E-state index in [1.807, 2.05) is 0 Å². The van der Waals surface area contributed by atoms with E-state index in [1.165, 1.54) is 31.4 Å². The zero-order valence-corrected chi connectivity index (χ0v) is 54.1. The smallest absolute Gasteiger partial charge is 0.333 e. The molecule has 4 aromatic carbocycles. The summed E-state index contributed by atoms with van der Waals surface area (Å²) in [6.07, 6.45) is 7.21. The van der Waals surface area contributed by atoms with Crippen LogP contribution in [-0.4, -0.2) is 170 Å². The molecule has 2 amide bonds. The number of nitrogens with zero attached hydrogens (tertiary/aromatic N) is 3. The quantitative estimate of drug-likeness (QED) is 0.0276. The van der Waals surface area contributed by atoms with Crippen LogP contribution in [0.1, 0.15) is 96.1 Å². The Morgan fingerprint density at radius 1 is 0.644 bits per heavy atom. The molecule has 1 saturated heterocycles. The van der Waals surface area contributed by atoms with Crippen LogP contribution in [-0.2, 0) is 99.6 Å². The fourth-order valence-electron chi connectivity index (χ4n) is 12.1. The molecule has 0 spiro atoms. The first-order valence-corrected chi connectivity index (χ1v) is 35.9. The minimum Gasteiger partial charge on any atom is -0.748 e. The van der Waals surface area contributed by atoms with Crippen LogP contribution in [0.25, 0.3) is 21.5 Å². The Hall–Kier alpha value is -5.88. The predicted molar refractivity (Wildman–Crippen MR) is 318 cm³/mol. The molecule has 0 N–H and O–H groups in total. The number of likely N-dealkylation sites (N-methyl/N-ethyl adjacent to an activating group) is 1. The van der Waals surface area contributed by atoms with Gasteiger partial charge in [-0.2, -0.15) is 4.58 Å². The number of hydrogen-bond acceptors (Lipinski definition) is 24. The van der Waals surface area contributed by atoms with E-state index in [2.05, 4.69) is 0 Å². The SMILES string of the molecule is CCN1/C(=C/C=C2\CCCC(/C=C/C3=[N+](CCCC(=O)ON4C(=O)CCC4=O)c4ccc5c(S(=O)(=O)[O-])cc(S(=O)(=O)[O-])cc5c4C3(C)CCOCCOCCOCCOC)=C2Cl)C(C)(CCCS(=O)(=O)[O-])c2c1ccc1c(S(=O)(=O)[O-])cc(S(=O)(=O)[O-])cc21. The summed E-state index contributed by atoms with van der Waals surface area (Å²) < 4.78 is 212. The monoisotopic (exact) mass is 1370 g/mol. The van der Waals surface area contributed by atoms with Gasteiger partial charge in [-0.3, -0.25) is 9.59 Å². The molecule has 32 heteroatoms. The average molecular weight is 1370 g/mol. The van der Waals surface area contributed by atoms with Crippen molar-refractivity contribution in [2.45, 2.75) is 115 Å². The Balaban J connectivity index is 1.25. The van der Waals surface area contributed by atoms with Gasteiger partial charge < -0.3 is 51.4 Å². The lowest BCUT2D eigenvalue weighted by Gasteiger charge is -2.31. The number of hydroxylamine groups is 2. The molecule has 26 nitrogen and oxygen atoms in total. The maximum absolute atomic E-state index is 13.2. The Labute approximate surface area is 526 Å². The molecule has 0 saturated carbocycles. The van der Waals surface area contributed by atoms with Gasteiger partial charge in [0.25, 0.3) is 11.8 Å². The van der Waals surface area contributed by atoms with Gasteiger partial charge in [-0.25, -0.2) is 46.9 Å². The number of carbonyl (C=O) groups is 3. The molecule has 1 fully saturated rings. The molecule has 1 aliphatic carbocycles. The number of carbonyl (C=O) groups excluding carboxylic acids is 3. The molecule has 2 atom stereocenters. The maximum Gasteiger partial charge on any atom is 0.333 e. The van der Waals surface area contributed by atoms with Crippen LogP contribution in [0.5, 0.6) is 0 Å². The molecule has 4 aliphatic rings. The highest BCUT2D eigenvalue weighted by molar-refractivity contribution is 7.87. The normalized spacial score (nSPS) is 20.3. The van der Waals surface area contributed by atoms with Gasteiger partial charge >= 0.3 is 5.97 Å². The summed E-state index contributed by atoms with van der Waals surface area (Å²) in [5.74, 6) is -3.13. The van der Waals surface area contributed by atoms with Crippen molar-refractivity contribution >= 4 is 119 Å². The van der Waals surface area contributed by atoms with Crippen LogP contribution in [0, 0.1) is 0 Å². The van der Waals surface area contributed by atoms with E-state index in [0.29, 0.717) is 83.6 Å². The molecule has 90 heavy (non-hydrogen) atoms.